The first-order valence-electron chi connectivity index (χ1n) is 7.99. The lowest BCUT2D eigenvalue weighted by atomic mass is 9.81. The Morgan fingerprint density at radius 1 is 1.32 bits per heavy atom. The van der Waals surface area contributed by atoms with Gasteiger partial charge in [-0.3, -0.25) is 24.5 Å². The van der Waals surface area contributed by atoms with Gasteiger partial charge in [0.1, 0.15) is 0 Å². The molecule has 25 heavy (non-hydrogen) atoms. The SMILES string of the molecule is Cc1cc([N+](=O)[O-])ccc1NC(=O)C1CC(=O)NC2=C1C(=O)CCC2. The van der Waals surface area contributed by atoms with Gasteiger partial charge in [0.05, 0.1) is 10.8 Å². The minimum absolute atomic E-state index is 0.0694. The zero-order valence-electron chi connectivity index (χ0n) is 13.6. The number of allylic oxidation sites excluding steroid dienone is 1. The Balaban J connectivity index is 1.86. The molecule has 0 saturated heterocycles. The standard InChI is InChI=1S/C17H17N3O5/c1-9-7-10(20(24)25)5-6-12(9)19-17(23)11-8-15(22)18-13-3-2-4-14(21)16(11)13/h5-7,11H,2-4,8H2,1H3,(H,18,22)(H,19,23). The molecular weight excluding hydrogens is 326 g/mol. The van der Waals surface area contributed by atoms with E-state index >= 15 is 0 Å². The first kappa shape index (κ1) is 16.8. The number of nitro groups is 1. The fourth-order valence-corrected chi connectivity index (χ4v) is 3.25. The van der Waals surface area contributed by atoms with Gasteiger partial charge < -0.3 is 10.6 Å². The fraction of sp³-hybridized carbons (Fsp3) is 0.353. The predicted molar refractivity (Wildman–Crippen MR) is 88.6 cm³/mol. The molecule has 1 aromatic carbocycles. The van der Waals surface area contributed by atoms with Crippen LogP contribution in [0.1, 0.15) is 31.2 Å². The molecular formula is C17H17N3O5. The van der Waals surface area contributed by atoms with Crippen LogP contribution < -0.4 is 10.6 Å². The van der Waals surface area contributed by atoms with Crippen molar-refractivity contribution in [2.24, 2.45) is 5.92 Å². The molecule has 1 aliphatic heterocycles. The van der Waals surface area contributed by atoms with Crippen molar-refractivity contribution in [3.8, 4) is 0 Å². The molecule has 2 aliphatic rings. The van der Waals surface area contributed by atoms with Crippen molar-refractivity contribution in [2.45, 2.75) is 32.6 Å². The Labute approximate surface area is 143 Å². The summed E-state index contributed by atoms with van der Waals surface area (Å²) in [4.78, 5) is 47.0. The van der Waals surface area contributed by atoms with Gasteiger partial charge in [-0.15, -0.1) is 0 Å². The van der Waals surface area contributed by atoms with Gasteiger partial charge in [-0.25, -0.2) is 0 Å². The first-order chi connectivity index (χ1) is 11.9. The smallest absolute Gasteiger partial charge is 0.269 e. The lowest BCUT2D eigenvalue weighted by molar-refractivity contribution is -0.384. The lowest BCUT2D eigenvalue weighted by Crippen LogP contribution is -2.41. The summed E-state index contributed by atoms with van der Waals surface area (Å²) in [7, 11) is 0. The highest BCUT2D eigenvalue weighted by atomic mass is 16.6. The molecule has 2 amide bonds. The molecule has 0 aromatic heterocycles. The lowest BCUT2D eigenvalue weighted by Gasteiger charge is -2.30. The average Bonchev–Trinajstić information content (AvgIpc) is 2.55. The molecule has 1 heterocycles. The van der Waals surface area contributed by atoms with Gasteiger partial charge in [0.25, 0.3) is 5.69 Å². The number of nitro benzene ring substituents is 1. The van der Waals surface area contributed by atoms with Crippen molar-refractivity contribution in [3.63, 3.8) is 0 Å². The summed E-state index contributed by atoms with van der Waals surface area (Å²) in [5.74, 6) is -1.67. The van der Waals surface area contributed by atoms with E-state index in [4.69, 9.17) is 0 Å². The van der Waals surface area contributed by atoms with Crippen LogP contribution in [0.15, 0.2) is 29.5 Å². The fourth-order valence-electron chi connectivity index (χ4n) is 3.25. The van der Waals surface area contributed by atoms with E-state index in [1.165, 1.54) is 18.2 Å². The molecule has 0 bridgehead atoms. The van der Waals surface area contributed by atoms with Gasteiger partial charge >= 0.3 is 0 Å². The quantitative estimate of drug-likeness (QED) is 0.642. The number of anilines is 1. The molecule has 3 rings (SSSR count). The van der Waals surface area contributed by atoms with Crippen LogP contribution in [0, 0.1) is 23.0 Å². The first-order valence-corrected chi connectivity index (χ1v) is 7.99. The van der Waals surface area contributed by atoms with Crippen LogP contribution in [-0.2, 0) is 14.4 Å². The van der Waals surface area contributed by atoms with Crippen LogP contribution in [0.4, 0.5) is 11.4 Å². The van der Waals surface area contributed by atoms with Crippen LogP contribution in [-0.4, -0.2) is 22.5 Å². The second-order valence-corrected chi connectivity index (χ2v) is 6.22. The number of nitrogens with zero attached hydrogens (tertiary/aromatic N) is 1. The molecule has 1 unspecified atom stereocenters. The minimum atomic E-state index is -0.828. The number of carbonyl (C=O) groups is 3. The number of rotatable bonds is 3. The van der Waals surface area contributed by atoms with Crippen molar-refractivity contribution in [1.29, 1.82) is 0 Å². The third-order valence-electron chi connectivity index (χ3n) is 4.48. The second kappa shape index (κ2) is 6.46. The maximum Gasteiger partial charge on any atom is 0.269 e. The van der Waals surface area contributed by atoms with E-state index in [9.17, 15) is 24.5 Å². The van der Waals surface area contributed by atoms with E-state index in [1.807, 2.05) is 0 Å². The highest BCUT2D eigenvalue weighted by Crippen LogP contribution is 2.32. The number of carbonyl (C=O) groups excluding carboxylic acids is 3. The van der Waals surface area contributed by atoms with E-state index in [0.29, 0.717) is 41.8 Å². The number of hydrogen-bond donors (Lipinski definition) is 2. The van der Waals surface area contributed by atoms with Crippen LogP contribution in [0.5, 0.6) is 0 Å². The summed E-state index contributed by atoms with van der Waals surface area (Å²) in [6, 6.07) is 4.11. The van der Waals surface area contributed by atoms with Crippen molar-refractivity contribution < 1.29 is 19.3 Å². The number of non-ortho nitro benzene ring substituents is 1. The van der Waals surface area contributed by atoms with Crippen molar-refractivity contribution in [3.05, 3.63) is 45.1 Å². The van der Waals surface area contributed by atoms with Gasteiger partial charge in [-0.05, 0) is 31.4 Å². The predicted octanol–water partition coefficient (Wildman–Crippen LogP) is 1.98. The van der Waals surface area contributed by atoms with Crippen LogP contribution >= 0.6 is 0 Å². The Morgan fingerprint density at radius 3 is 2.76 bits per heavy atom. The van der Waals surface area contributed by atoms with Gasteiger partial charge in [0.15, 0.2) is 5.78 Å². The molecule has 2 N–H and O–H groups in total. The summed E-state index contributed by atoms with van der Waals surface area (Å²) < 4.78 is 0. The molecule has 0 saturated carbocycles. The van der Waals surface area contributed by atoms with Gasteiger partial charge in [0.2, 0.25) is 11.8 Å². The highest BCUT2D eigenvalue weighted by Gasteiger charge is 2.38. The Morgan fingerprint density at radius 2 is 2.08 bits per heavy atom. The highest BCUT2D eigenvalue weighted by molar-refractivity contribution is 6.09. The summed E-state index contributed by atoms with van der Waals surface area (Å²) in [5, 5.41) is 16.2. The van der Waals surface area contributed by atoms with Gasteiger partial charge in [-0.2, -0.15) is 0 Å². The van der Waals surface area contributed by atoms with Gasteiger partial charge in [-0.1, -0.05) is 0 Å². The van der Waals surface area contributed by atoms with E-state index in [0.717, 1.165) is 0 Å². The Hall–Kier alpha value is -3.03. The zero-order chi connectivity index (χ0) is 18.1. The molecule has 0 fully saturated rings. The van der Waals surface area contributed by atoms with Gasteiger partial charge in [0, 0.05) is 41.9 Å². The monoisotopic (exact) mass is 343 g/mol. The number of ketones is 1. The third-order valence-corrected chi connectivity index (χ3v) is 4.48. The van der Waals surface area contributed by atoms with Crippen molar-refractivity contribution in [1.82, 2.24) is 5.32 Å². The largest absolute Gasteiger partial charge is 0.329 e. The molecule has 8 heteroatoms. The summed E-state index contributed by atoms with van der Waals surface area (Å²) in [5.41, 5.74) is 1.83. The molecule has 1 aliphatic carbocycles. The minimum Gasteiger partial charge on any atom is -0.329 e. The maximum absolute atomic E-state index is 12.7. The maximum atomic E-state index is 12.7. The van der Waals surface area contributed by atoms with Crippen molar-refractivity contribution >= 4 is 29.0 Å². The van der Waals surface area contributed by atoms with Crippen molar-refractivity contribution in [2.75, 3.05) is 5.32 Å². The summed E-state index contributed by atoms with van der Waals surface area (Å²) >= 11 is 0. The number of hydrogen-bond acceptors (Lipinski definition) is 5. The molecule has 0 spiro atoms. The topological polar surface area (TPSA) is 118 Å². The Kier molecular flexibility index (Phi) is 4.35. The number of Topliss-reactive ketones (excluding diaryl/α,β-unsaturated/α-hetero) is 1. The van der Waals surface area contributed by atoms with E-state index in [-0.39, 0.29) is 23.8 Å². The molecule has 130 valence electrons. The summed E-state index contributed by atoms with van der Waals surface area (Å²) in [6.07, 6.45) is 1.53. The molecule has 0 radical (unpaired) electrons. The van der Waals surface area contributed by atoms with E-state index in [2.05, 4.69) is 10.6 Å². The molecule has 1 aromatic rings. The van der Waals surface area contributed by atoms with E-state index in [1.54, 1.807) is 6.92 Å². The number of nitrogens with one attached hydrogen (secondary N) is 2. The zero-order valence-corrected chi connectivity index (χ0v) is 13.6. The number of benzene rings is 1. The van der Waals surface area contributed by atoms with Crippen LogP contribution in [0.3, 0.4) is 0 Å². The molecule has 1 atom stereocenters. The number of aryl methyl sites for hydroxylation is 1. The average molecular weight is 343 g/mol. The molecule has 8 nitrogen and oxygen atoms in total. The second-order valence-electron chi connectivity index (χ2n) is 6.22. The normalized spacial score (nSPS) is 20.0. The van der Waals surface area contributed by atoms with Crippen LogP contribution in [0.2, 0.25) is 0 Å². The third kappa shape index (κ3) is 3.28. The van der Waals surface area contributed by atoms with Crippen LogP contribution in [0.25, 0.3) is 0 Å². The number of amides is 2. The van der Waals surface area contributed by atoms with E-state index < -0.39 is 16.7 Å². The summed E-state index contributed by atoms with van der Waals surface area (Å²) in [6.45, 7) is 1.65. The Bertz CT molecular complexity index is 828.